The Morgan fingerprint density at radius 2 is 1.39 bits per heavy atom. The van der Waals surface area contributed by atoms with Crippen LogP contribution in [0.4, 0.5) is 0 Å². The van der Waals surface area contributed by atoms with E-state index in [1.807, 2.05) is 0 Å². The Bertz CT molecular complexity index is 957. The lowest BCUT2D eigenvalue weighted by Gasteiger charge is -2.61. The molecule has 4 fully saturated rings. The molecule has 4 heteroatoms. The molecule has 0 amide bonds. The third-order valence-electron chi connectivity index (χ3n) is 14.1. The standard InChI is InChI=1S/C42H72O4/c1-5-6-7-8-9-10-11-12-13-14-15-16-17-18-19-20-40(45)46-34-27-29-41(3)33(31-34)22-23-35-37-25-24-36(32(2)21-26-39(43)44)42(37,4)30-28-38(35)41/h12-13,32-38H,5-11,14-31H2,1-4H3,(H,43,44)/b13-12+/t32-,33?,34-,35+,36-,37+,38+,41+,42-/m1/s1. The molecule has 4 nitrogen and oxygen atoms in total. The highest BCUT2D eigenvalue weighted by Crippen LogP contribution is 2.68. The molecule has 264 valence electrons. The highest BCUT2D eigenvalue weighted by molar-refractivity contribution is 5.69. The molecule has 0 aromatic rings. The number of carboxylic acids is 1. The molecule has 0 aromatic carbocycles. The van der Waals surface area contributed by atoms with Crippen LogP contribution in [-0.2, 0) is 14.3 Å². The summed E-state index contributed by atoms with van der Waals surface area (Å²) in [5.41, 5.74) is 0.780. The number of carboxylic acid groups (broad SMARTS) is 1. The van der Waals surface area contributed by atoms with E-state index in [1.165, 1.54) is 116 Å². The predicted octanol–water partition coefficient (Wildman–Crippen LogP) is 12.1. The van der Waals surface area contributed by atoms with E-state index in [1.54, 1.807) is 0 Å². The summed E-state index contributed by atoms with van der Waals surface area (Å²) in [4.78, 5) is 24.0. The van der Waals surface area contributed by atoms with Gasteiger partial charge >= 0.3 is 11.9 Å². The minimum Gasteiger partial charge on any atom is -0.481 e. The third kappa shape index (κ3) is 9.87. The van der Waals surface area contributed by atoms with Crippen LogP contribution in [0.25, 0.3) is 0 Å². The number of hydrogen-bond acceptors (Lipinski definition) is 3. The summed E-state index contributed by atoms with van der Waals surface area (Å²) < 4.78 is 6.12. The van der Waals surface area contributed by atoms with Gasteiger partial charge in [0.1, 0.15) is 6.10 Å². The van der Waals surface area contributed by atoms with E-state index in [-0.39, 0.29) is 12.1 Å². The van der Waals surface area contributed by atoms with Crippen LogP contribution in [-0.4, -0.2) is 23.1 Å². The highest BCUT2D eigenvalue weighted by atomic mass is 16.5. The maximum Gasteiger partial charge on any atom is 0.306 e. The van der Waals surface area contributed by atoms with Crippen LogP contribution >= 0.6 is 0 Å². The van der Waals surface area contributed by atoms with Gasteiger partial charge in [-0.25, -0.2) is 0 Å². The molecule has 0 heterocycles. The summed E-state index contributed by atoms with van der Waals surface area (Å²) in [7, 11) is 0. The molecular weight excluding hydrogens is 568 g/mol. The molecule has 4 rings (SSSR count). The van der Waals surface area contributed by atoms with Crippen molar-refractivity contribution in [2.75, 3.05) is 0 Å². The average molecular weight is 641 g/mol. The van der Waals surface area contributed by atoms with Gasteiger partial charge in [0.25, 0.3) is 0 Å². The lowest BCUT2D eigenvalue weighted by Crippen LogP contribution is -2.54. The van der Waals surface area contributed by atoms with Gasteiger partial charge < -0.3 is 9.84 Å². The molecular formula is C42H72O4. The van der Waals surface area contributed by atoms with Crippen molar-refractivity contribution in [3.05, 3.63) is 12.2 Å². The maximum absolute atomic E-state index is 12.8. The van der Waals surface area contributed by atoms with Crippen LogP contribution in [0.1, 0.15) is 188 Å². The summed E-state index contributed by atoms with van der Waals surface area (Å²) in [6.07, 6.45) is 34.5. The zero-order valence-corrected chi connectivity index (χ0v) is 30.5. The zero-order chi connectivity index (χ0) is 33.0. The number of allylic oxidation sites excluding steroid dienone is 2. The lowest BCUT2D eigenvalue weighted by atomic mass is 9.44. The number of unbranched alkanes of at least 4 members (excludes halogenated alkanes) is 11. The zero-order valence-electron chi connectivity index (χ0n) is 30.5. The van der Waals surface area contributed by atoms with E-state index in [0.29, 0.717) is 41.4 Å². The quantitative estimate of drug-likeness (QED) is 0.0817. The molecule has 0 radical (unpaired) electrons. The number of esters is 1. The molecule has 46 heavy (non-hydrogen) atoms. The van der Waals surface area contributed by atoms with Gasteiger partial charge in [-0.2, -0.15) is 0 Å². The summed E-state index contributed by atoms with van der Waals surface area (Å²) in [6.45, 7) is 9.78. The molecule has 9 atom stereocenters. The second kappa shape index (κ2) is 18.4. The molecule has 0 aliphatic heterocycles. The minimum absolute atomic E-state index is 0.0439. The van der Waals surface area contributed by atoms with Crippen LogP contribution in [0, 0.1) is 46.3 Å². The van der Waals surface area contributed by atoms with E-state index in [0.717, 1.165) is 49.9 Å². The van der Waals surface area contributed by atoms with Gasteiger partial charge in [0.15, 0.2) is 0 Å². The molecule has 1 N–H and O–H groups in total. The van der Waals surface area contributed by atoms with E-state index < -0.39 is 5.97 Å². The Balaban J connectivity index is 1.10. The maximum atomic E-state index is 12.8. The Morgan fingerprint density at radius 1 is 0.761 bits per heavy atom. The van der Waals surface area contributed by atoms with Gasteiger partial charge in [-0.05, 0) is 143 Å². The molecule has 0 saturated heterocycles. The number of aliphatic carboxylic acids is 1. The molecule has 0 bridgehead atoms. The monoisotopic (exact) mass is 641 g/mol. The Kier molecular flexibility index (Phi) is 15.0. The second-order valence-corrected chi connectivity index (χ2v) is 17.0. The summed E-state index contributed by atoms with van der Waals surface area (Å²) >= 11 is 0. The van der Waals surface area contributed by atoms with Crippen molar-refractivity contribution in [2.45, 2.75) is 194 Å². The van der Waals surface area contributed by atoms with Crippen molar-refractivity contribution in [3.63, 3.8) is 0 Å². The van der Waals surface area contributed by atoms with Gasteiger partial charge in [-0.15, -0.1) is 0 Å². The molecule has 0 spiro atoms. The first-order valence-electron chi connectivity index (χ1n) is 20.2. The van der Waals surface area contributed by atoms with Crippen LogP contribution < -0.4 is 0 Å². The lowest BCUT2D eigenvalue weighted by molar-refractivity contribution is -0.162. The van der Waals surface area contributed by atoms with Gasteiger partial charge in [0.2, 0.25) is 0 Å². The molecule has 4 saturated carbocycles. The topological polar surface area (TPSA) is 63.6 Å². The van der Waals surface area contributed by atoms with Crippen molar-refractivity contribution in [3.8, 4) is 0 Å². The van der Waals surface area contributed by atoms with Crippen molar-refractivity contribution in [2.24, 2.45) is 46.3 Å². The second-order valence-electron chi connectivity index (χ2n) is 17.0. The third-order valence-corrected chi connectivity index (χ3v) is 14.1. The van der Waals surface area contributed by atoms with Crippen molar-refractivity contribution in [1.29, 1.82) is 0 Å². The minimum atomic E-state index is -0.647. The summed E-state index contributed by atoms with van der Waals surface area (Å²) in [6, 6.07) is 0. The Labute approximate surface area is 283 Å². The number of rotatable bonds is 20. The average Bonchev–Trinajstić information content (AvgIpc) is 3.39. The summed E-state index contributed by atoms with van der Waals surface area (Å²) in [5, 5.41) is 9.26. The highest BCUT2D eigenvalue weighted by Gasteiger charge is 2.60. The Morgan fingerprint density at radius 3 is 2.09 bits per heavy atom. The molecule has 0 aromatic heterocycles. The van der Waals surface area contributed by atoms with E-state index >= 15 is 0 Å². The normalized spacial score (nSPS) is 34.5. The number of carbonyl (C=O) groups excluding carboxylic acids is 1. The van der Waals surface area contributed by atoms with Gasteiger partial charge in [0, 0.05) is 12.8 Å². The first kappa shape index (κ1) is 37.5. The molecule has 4 aliphatic carbocycles. The van der Waals surface area contributed by atoms with Crippen LogP contribution in [0.2, 0.25) is 0 Å². The van der Waals surface area contributed by atoms with E-state index in [2.05, 4.69) is 39.8 Å². The van der Waals surface area contributed by atoms with Crippen LogP contribution in [0.15, 0.2) is 12.2 Å². The van der Waals surface area contributed by atoms with Gasteiger partial charge in [-0.1, -0.05) is 91.2 Å². The number of carbonyl (C=O) groups is 2. The predicted molar refractivity (Wildman–Crippen MR) is 191 cm³/mol. The van der Waals surface area contributed by atoms with E-state index in [9.17, 15) is 14.7 Å². The number of fused-ring (bicyclic) bond motifs is 5. The smallest absolute Gasteiger partial charge is 0.306 e. The fourth-order valence-corrected chi connectivity index (χ4v) is 11.4. The van der Waals surface area contributed by atoms with Crippen molar-refractivity contribution >= 4 is 11.9 Å². The fraction of sp³-hybridized carbons (Fsp3) is 0.905. The first-order valence-corrected chi connectivity index (χ1v) is 20.2. The van der Waals surface area contributed by atoms with Gasteiger partial charge in [-0.3, -0.25) is 9.59 Å². The van der Waals surface area contributed by atoms with Crippen LogP contribution in [0.3, 0.4) is 0 Å². The van der Waals surface area contributed by atoms with Crippen LogP contribution in [0.5, 0.6) is 0 Å². The van der Waals surface area contributed by atoms with Crippen molar-refractivity contribution < 1.29 is 19.4 Å². The molecule has 1 unspecified atom stereocenters. The van der Waals surface area contributed by atoms with Gasteiger partial charge in [0.05, 0.1) is 0 Å². The largest absolute Gasteiger partial charge is 0.481 e. The SMILES string of the molecule is CCCCCCCC/C=C/CCCCCCCC(=O)O[C@@H]1CC[C@@]2(C)C(CC[C@H]3[C@@H]4CC[C@H]([C@H](C)CCC(=O)O)[C@@]4(C)CC[C@@H]32)C1. The first-order chi connectivity index (χ1) is 22.2. The molecule has 4 aliphatic rings. The Hall–Kier alpha value is -1.32. The fourth-order valence-electron chi connectivity index (χ4n) is 11.4. The number of ether oxygens (including phenoxy) is 1. The van der Waals surface area contributed by atoms with E-state index in [4.69, 9.17) is 4.74 Å². The number of hydrogen-bond donors (Lipinski definition) is 1. The van der Waals surface area contributed by atoms with Crippen molar-refractivity contribution in [1.82, 2.24) is 0 Å². The summed E-state index contributed by atoms with van der Waals surface area (Å²) in [5.74, 6) is 3.72.